The van der Waals surface area contributed by atoms with Crippen LogP contribution < -0.4 is 0 Å². The van der Waals surface area contributed by atoms with E-state index in [2.05, 4.69) is 0 Å². The molecule has 112 valence electrons. The molecule has 0 bridgehead atoms. The Labute approximate surface area is 118 Å². The number of halogens is 1. The van der Waals surface area contributed by atoms with Crippen LogP contribution >= 0.6 is 0 Å². The van der Waals surface area contributed by atoms with E-state index < -0.39 is 25.1 Å². The van der Waals surface area contributed by atoms with E-state index in [1.165, 1.54) is 23.5 Å². The molecule has 8 heteroatoms. The molecule has 0 radical (unpaired) electrons. The summed E-state index contributed by atoms with van der Waals surface area (Å²) in [6, 6.07) is 4.35. The predicted octanol–water partition coefficient (Wildman–Crippen LogP) is 1.62. The van der Waals surface area contributed by atoms with Gasteiger partial charge in [0.1, 0.15) is 0 Å². The van der Waals surface area contributed by atoms with Gasteiger partial charge >= 0.3 is 10.2 Å². The maximum absolute atomic E-state index is 12.9. The van der Waals surface area contributed by atoms with Crippen LogP contribution in [-0.2, 0) is 20.2 Å². The minimum absolute atomic E-state index is 0.216. The molecule has 0 aliphatic heterocycles. The van der Waals surface area contributed by atoms with Gasteiger partial charge in [0, 0.05) is 13.6 Å². The van der Waals surface area contributed by atoms with Crippen LogP contribution in [0, 0.1) is 11.8 Å². The molecule has 2 atom stereocenters. The van der Waals surface area contributed by atoms with E-state index in [9.17, 15) is 20.7 Å². The summed E-state index contributed by atoms with van der Waals surface area (Å²) in [5.74, 6) is 0.841. The van der Waals surface area contributed by atoms with E-state index >= 15 is 0 Å². The van der Waals surface area contributed by atoms with Crippen molar-refractivity contribution in [2.75, 3.05) is 13.6 Å². The van der Waals surface area contributed by atoms with Crippen LogP contribution in [-0.4, -0.2) is 34.7 Å². The van der Waals surface area contributed by atoms with Gasteiger partial charge in [-0.15, -0.1) is 3.89 Å². The molecule has 0 amide bonds. The van der Waals surface area contributed by atoms with E-state index in [1.807, 2.05) is 6.92 Å². The lowest BCUT2D eigenvalue weighted by Gasteiger charge is -2.17. The number of hydrogen-bond acceptors (Lipinski definition) is 4. The maximum atomic E-state index is 12.9. The van der Waals surface area contributed by atoms with Gasteiger partial charge in [-0.2, -0.15) is 8.42 Å². The Balaban J connectivity index is 2.29. The Morgan fingerprint density at radius 2 is 1.80 bits per heavy atom. The molecule has 1 fully saturated rings. The van der Waals surface area contributed by atoms with Crippen molar-refractivity contribution in [3.05, 3.63) is 24.3 Å². The van der Waals surface area contributed by atoms with E-state index in [4.69, 9.17) is 0 Å². The highest BCUT2D eigenvalue weighted by molar-refractivity contribution is 7.89. The molecule has 5 nitrogen and oxygen atoms in total. The average molecular weight is 321 g/mol. The molecule has 0 spiro atoms. The summed E-state index contributed by atoms with van der Waals surface area (Å²) in [7, 11) is -7.27. The SMILES string of the molecule is CC1CC1CN(C)S(=O)(=O)c1cccc(S(=O)(=O)F)c1. The quantitative estimate of drug-likeness (QED) is 0.773. The summed E-state index contributed by atoms with van der Waals surface area (Å²) in [4.78, 5) is -0.862. The van der Waals surface area contributed by atoms with E-state index in [0.717, 1.165) is 18.6 Å². The molecule has 0 heterocycles. The standard InChI is InChI=1S/C12H16FNO4S2/c1-9-6-10(9)8-14(2)20(17,18)12-5-3-4-11(7-12)19(13,15)16/h3-5,7,9-10H,6,8H2,1-2H3. The summed E-state index contributed by atoms with van der Waals surface area (Å²) >= 11 is 0. The van der Waals surface area contributed by atoms with E-state index in [0.29, 0.717) is 18.4 Å². The second-order valence-corrected chi connectivity index (χ2v) is 8.56. The van der Waals surface area contributed by atoms with Crippen molar-refractivity contribution in [2.24, 2.45) is 11.8 Å². The highest BCUT2D eigenvalue weighted by atomic mass is 32.3. The van der Waals surface area contributed by atoms with Crippen molar-refractivity contribution in [3.8, 4) is 0 Å². The molecule has 0 aromatic heterocycles. The zero-order chi connectivity index (χ0) is 15.1. The molecule has 1 aromatic rings. The van der Waals surface area contributed by atoms with Gasteiger partial charge < -0.3 is 0 Å². The molecule has 1 saturated carbocycles. The fraction of sp³-hybridized carbons (Fsp3) is 0.500. The number of rotatable bonds is 5. The normalized spacial score (nSPS) is 23.0. The minimum atomic E-state index is -4.91. The van der Waals surface area contributed by atoms with Crippen LogP contribution in [0.4, 0.5) is 3.89 Å². The second kappa shape index (κ2) is 5.09. The summed E-state index contributed by atoms with van der Waals surface area (Å²) < 4.78 is 60.4. The van der Waals surface area contributed by atoms with Gasteiger partial charge in [-0.3, -0.25) is 0 Å². The van der Waals surface area contributed by atoms with Crippen LogP contribution in [0.5, 0.6) is 0 Å². The molecule has 2 unspecified atom stereocenters. The first kappa shape index (κ1) is 15.4. The zero-order valence-corrected chi connectivity index (χ0v) is 12.8. The average Bonchev–Trinajstić information content (AvgIpc) is 3.04. The second-order valence-electron chi connectivity index (χ2n) is 5.17. The topological polar surface area (TPSA) is 71.5 Å². The lowest BCUT2D eigenvalue weighted by atomic mass is 10.3. The van der Waals surface area contributed by atoms with Crippen LogP contribution in [0.15, 0.2) is 34.1 Å². The fourth-order valence-electron chi connectivity index (χ4n) is 2.05. The Kier molecular flexibility index (Phi) is 3.92. The number of sulfonamides is 1. The van der Waals surface area contributed by atoms with Gasteiger partial charge in [0.25, 0.3) is 0 Å². The molecule has 0 saturated heterocycles. The molecule has 1 aromatic carbocycles. The monoisotopic (exact) mass is 321 g/mol. The van der Waals surface area contributed by atoms with E-state index in [-0.39, 0.29) is 4.90 Å². The lowest BCUT2D eigenvalue weighted by Crippen LogP contribution is -2.29. The van der Waals surface area contributed by atoms with E-state index in [1.54, 1.807) is 0 Å². The van der Waals surface area contributed by atoms with Crippen molar-refractivity contribution < 1.29 is 20.7 Å². The van der Waals surface area contributed by atoms with Crippen LogP contribution in [0.3, 0.4) is 0 Å². The maximum Gasteiger partial charge on any atom is 0.332 e. The minimum Gasteiger partial charge on any atom is -0.207 e. The van der Waals surface area contributed by atoms with Crippen molar-refractivity contribution in [2.45, 2.75) is 23.1 Å². The smallest absolute Gasteiger partial charge is 0.207 e. The Hall–Kier alpha value is -0.990. The third kappa shape index (κ3) is 3.18. The molecular weight excluding hydrogens is 305 g/mol. The molecule has 1 aliphatic rings. The third-order valence-electron chi connectivity index (χ3n) is 3.56. The third-order valence-corrected chi connectivity index (χ3v) is 6.20. The summed E-state index contributed by atoms with van der Waals surface area (Å²) in [5, 5.41) is 0. The predicted molar refractivity (Wildman–Crippen MR) is 71.8 cm³/mol. The first-order chi connectivity index (χ1) is 9.12. The van der Waals surface area contributed by atoms with Gasteiger partial charge in [0.05, 0.1) is 9.79 Å². The molecule has 2 rings (SSSR count). The Morgan fingerprint density at radius 1 is 1.25 bits per heavy atom. The van der Waals surface area contributed by atoms with Gasteiger partial charge in [-0.05, 0) is 36.5 Å². The number of hydrogen-bond donors (Lipinski definition) is 0. The van der Waals surface area contributed by atoms with Crippen molar-refractivity contribution in [1.29, 1.82) is 0 Å². The van der Waals surface area contributed by atoms with Crippen LogP contribution in [0.2, 0.25) is 0 Å². The largest absolute Gasteiger partial charge is 0.332 e. The highest BCUT2D eigenvalue weighted by Crippen LogP contribution is 2.38. The van der Waals surface area contributed by atoms with Crippen LogP contribution in [0.25, 0.3) is 0 Å². The molecule has 1 aliphatic carbocycles. The Bertz CT molecular complexity index is 715. The van der Waals surface area contributed by atoms with Gasteiger partial charge in [0.15, 0.2) is 0 Å². The molecule has 20 heavy (non-hydrogen) atoms. The summed E-state index contributed by atoms with van der Waals surface area (Å²) in [6.45, 7) is 2.43. The Morgan fingerprint density at radius 3 is 2.30 bits per heavy atom. The first-order valence-corrected chi connectivity index (χ1v) is 8.96. The lowest BCUT2D eigenvalue weighted by molar-refractivity contribution is 0.444. The van der Waals surface area contributed by atoms with Crippen LogP contribution in [0.1, 0.15) is 13.3 Å². The fourth-order valence-corrected chi connectivity index (χ4v) is 3.91. The highest BCUT2D eigenvalue weighted by Gasteiger charge is 2.36. The van der Waals surface area contributed by atoms with Gasteiger partial charge in [0.2, 0.25) is 10.0 Å². The number of nitrogens with zero attached hydrogens (tertiary/aromatic N) is 1. The molecular formula is C12H16FNO4S2. The number of benzene rings is 1. The van der Waals surface area contributed by atoms with Crippen molar-refractivity contribution >= 4 is 20.2 Å². The summed E-state index contributed by atoms with van der Waals surface area (Å²) in [6.07, 6.45) is 0.985. The van der Waals surface area contributed by atoms with Gasteiger partial charge in [-0.25, -0.2) is 12.7 Å². The first-order valence-electron chi connectivity index (χ1n) is 6.13. The van der Waals surface area contributed by atoms with Crippen molar-refractivity contribution in [1.82, 2.24) is 4.31 Å². The van der Waals surface area contributed by atoms with Crippen molar-refractivity contribution in [3.63, 3.8) is 0 Å². The van der Waals surface area contributed by atoms with Gasteiger partial charge in [-0.1, -0.05) is 13.0 Å². The molecule has 0 N–H and O–H groups in total. The zero-order valence-electron chi connectivity index (χ0n) is 11.2. The summed E-state index contributed by atoms with van der Waals surface area (Å²) in [5.41, 5.74) is 0.